The van der Waals surface area contributed by atoms with Crippen LogP contribution in [0.1, 0.15) is 13.3 Å². The molecule has 2 N–H and O–H groups in total. The van der Waals surface area contributed by atoms with Gasteiger partial charge in [0.2, 0.25) is 21.3 Å². The maximum Gasteiger partial charge on any atom is 0.322 e. The molecule has 0 fully saturated rings. The summed E-state index contributed by atoms with van der Waals surface area (Å²) in [6.45, 7) is 2.56. The minimum atomic E-state index is -3.27. The molecule has 0 unspecified atom stereocenters. The Balaban J connectivity index is 2.60. The largest absolute Gasteiger partial charge is 0.463 e. The van der Waals surface area contributed by atoms with Crippen molar-refractivity contribution >= 4 is 27.6 Å². The summed E-state index contributed by atoms with van der Waals surface area (Å²) >= 11 is 5.71. The van der Waals surface area contributed by atoms with E-state index < -0.39 is 10.0 Å². The summed E-state index contributed by atoms with van der Waals surface area (Å²) in [4.78, 5) is 11.6. The third kappa shape index (κ3) is 5.99. The lowest BCUT2D eigenvalue weighted by atomic mass is 10.5. The zero-order valence-corrected chi connectivity index (χ0v) is 12.3. The van der Waals surface area contributed by atoms with Crippen LogP contribution >= 0.6 is 11.6 Å². The fraction of sp³-hybridized carbons (Fsp3) is 0.667. The van der Waals surface area contributed by atoms with Crippen molar-refractivity contribution in [3.63, 3.8) is 0 Å². The Morgan fingerprint density at radius 1 is 1.32 bits per heavy atom. The molecule has 0 aliphatic heterocycles. The first kappa shape index (κ1) is 15.9. The van der Waals surface area contributed by atoms with Crippen LogP contribution in [0.5, 0.6) is 6.01 Å². The summed E-state index contributed by atoms with van der Waals surface area (Å²) in [6.07, 6.45) is 0.812. The predicted molar refractivity (Wildman–Crippen MR) is 72.0 cm³/mol. The smallest absolute Gasteiger partial charge is 0.322 e. The normalized spacial score (nSPS) is 11.3. The van der Waals surface area contributed by atoms with Crippen LogP contribution in [0.4, 0.5) is 5.95 Å². The SMILES string of the molecule is CCCOc1nc(Cl)nc(NCCS(=O)(=O)NC)n1. The molecule has 1 heterocycles. The second kappa shape index (κ2) is 7.41. The molecule has 19 heavy (non-hydrogen) atoms. The number of ether oxygens (including phenoxy) is 1. The summed E-state index contributed by atoms with van der Waals surface area (Å²) in [7, 11) is -1.92. The van der Waals surface area contributed by atoms with Crippen molar-refractivity contribution in [2.24, 2.45) is 0 Å². The third-order valence-electron chi connectivity index (χ3n) is 1.99. The molecule has 0 aliphatic rings. The van der Waals surface area contributed by atoms with Gasteiger partial charge in [0, 0.05) is 6.54 Å². The van der Waals surface area contributed by atoms with Crippen LogP contribution in [-0.2, 0) is 10.0 Å². The lowest BCUT2D eigenvalue weighted by molar-refractivity contribution is 0.291. The molecule has 10 heteroatoms. The highest BCUT2D eigenvalue weighted by Crippen LogP contribution is 2.11. The van der Waals surface area contributed by atoms with Gasteiger partial charge in [0.25, 0.3) is 0 Å². The van der Waals surface area contributed by atoms with Crippen LogP contribution in [0.15, 0.2) is 0 Å². The Bertz CT molecular complexity index is 511. The third-order valence-corrected chi connectivity index (χ3v) is 3.52. The molecule has 0 radical (unpaired) electrons. The van der Waals surface area contributed by atoms with Gasteiger partial charge in [0.05, 0.1) is 12.4 Å². The summed E-state index contributed by atoms with van der Waals surface area (Å²) in [5.41, 5.74) is 0. The van der Waals surface area contributed by atoms with Crippen LogP contribution in [0.2, 0.25) is 5.28 Å². The maximum absolute atomic E-state index is 11.2. The lowest BCUT2D eigenvalue weighted by Gasteiger charge is -2.07. The summed E-state index contributed by atoms with van der Waals surface area (Å²) < 4.78 is 29.9. The molecule has 108 valence electrons. The van der Waals surface area contributed by atoms with Crippen molar-refractivity contribution in [1.29, 1.82) is 0 Å². The number of nitrogens with zero attached hydrogens (tertiary/aromatic N) is 3. The van der Waals surface area contributed by atoms with E-state index in [0.717, 1.165) is 6.42 Å². The van der Waals surface area contributed by atoms with Gasteiger partial charge >= 0.3 is 6.01 Å². The molecule has 0 saturated carbocycles. The Kier molecular flexibility index (Phi) is 6.19. The average molecular weight is 310 g/mol. The average Bonchev–Trinajstić information content (AvgIpc) is 2.35. The van der Waals surface area contributed by atoms with Crippen LogP contribution in [-0.4, -0.2) is 49.3 Å². The maximum atomic E-state index is 11.2. The molecule has 0 bridgehead atoms. The van der Waals surface area contributed by atoms with Crippen molar-refractivity contribution in [3.8, 4) is 6.01 Å². The monoisotopic (exact) mass is 309 g/mol. The van der Waals surface area contributed by atoms with E-state index in [4.69, 9.17) is 16.3 Å². The van der Waals surface area contributed by atoms with E-state index in [-0.39, 0.29) is 29.5 Å². The molecule has 8 nitrogen and oxygen atoms in total. The fourth-order valence-corrected chi connectivity index (χ4v) is 1.80. The van der Waals surface area contributed by atoms with Crippen LogP contribution < -0.4 is 14.8 Å². The molecule has 0 aromatic carbocycles. The second-order valence-electron chi connectivity index (χ2n) is 3.51. The van der Waals surface area contributed by atoms with E-state index in [9.17, 15) is 8.42 Å². The number of rotatable bonds is 8. The van der Waals surface area contributed by atoms with Gasteiger partial charge in [0.15, 0.2) is 0 Å². The number of aromatic nitrogens is 3. The molecule has 1 rings (SSSR count). The van der Waals surface area contributed by atoms with Crippen molar-refractivity contribution in [3.05, 3.63) is 5.28 Å². The first-order valence-corrected chi connectivity index (χ1v) is 7.69. The van der Waals surface area contributed by atoms with Crippen molar-refractivity contribution in [1.82, 2.24) is 19.7 Å². The number of hydrogen-bond acceptors (Lipinski definition) is 7. The number of anilines is 1. The molecule has 0 amide bonds. The van der Waals surface area contributed by atoms with Crippen molar-refractivity contribution in [2.45, 2.75) is 13.3 Å². The van der Waals surface area contributed by atoms with Crippen molar-refractivity contribution in [2.75, 3.05) is 31.3 Å². The Morgan fingerprint density at radius 2 is 2.05 bits per heavy atom. The molecular formula is C9H16ClN5O3S. The minimum absolute atomic E-state index is 0.0138. The Labute approximate surface area is 117 Å². The Hall–Kier alpha value is -1.19. The molecule has 1 aromatic rings. The van der Waals surface area contributed by atoms with Crippen LogP contribution in [0.3, 0.4) is 0 Å². The highest BCUT2D eigenvalue weighted by Gasteiger charge is 2.09. The van der Waals surface area contributed by atoms with Gasteiger partial charge in [-0.2, -0.15) is 15.0 Å². The fourth-order valence-electron chi connectivity index (χ4n) is 1.07. The summed E-state index contributed by atoms with van der Waals surface area (Å²) in [6, 6.07) is 0.112. The number of hydrogen-bond donors (Lipinski definition) is 2. The van der Waals surface area contributed by atoms with Gasteiger partial charge in [-0.3, -0.25) is 0 Å². The highest BCUT2D eigenvalue weighted by atomic mass is 35.5. The molecular weight excluding hydrogens is 294 g/mol. The van der Waals surface area contributed by atoms with E-state index in [1.54, 1.807) is 0 Å². The van der Waals surface area contributed by atoms with Crippen molar-refractivity contribution < 1.29 is 13.2 Å². The number of halogens is 1. The molecule has 1 aromatic heterocycles. The molecule has 0 aliphatic carbocycles. The van der Waals surface area contributed by atoms with Gasteiger partial charge in [-0.25, -0.2) is 13.1 Å². The topological polar surface area (TPSA) is 106 Å². The quantitative estimate of drug-likeness (QED) is 0.710. The first-order chi connectivity index (χ1) is 8.96. The zero-order valence-electron chi connectivity index (χ0n) is 10.7. The minimum Gasteiger partial charge on any atom is -0.463 e. The van der Waals surface area contributed by atoms with Gasteiger partial charge in [-0.05, 0) is 25.1 Å². The lowest BCUT2D eigenvalue weighted by Crippen LogP contribution is -2.26. The Morgan fingerprint density at radius 3 is 2.68 bits per heavy atom. The zero-order chi connectivity index (χ0) is 14.3. The second-order valence-corrected chi connectivity index (χ2v) is 5.89. The number of sulfonamides is 1. The highest BCUT2D eigenvalue weighted by molar-refractivity contribution is 7.89. The van der Waals surface area contributed by atoms with Crippen LogP contribution in [0, 0.1) is 0 Å². The van der Waals surface area contributed by atoms with Gasteiger partial charge in [-0.15, -0.1) is 0 Å². The predicted octanol–water partition coefficient (Wildman–Crippen LogP) is 0.275. The standard InChI is InChI=1S/C9H16ClN5O3S/c1-3-5-18-9-14-7(10)13-8(15-9)12-4-6-19(16,17)11-2/h11H,3-6H2,1-2H3,(H,12,13,14,15). The van der Waals surface area contributed by atoms with E-state index in [2.05, 4.69) is 25.0 Å². The number of nitrogens with one attached hydrogen (secondary N) is 2. The molecule has 0 saturated heterocycles. The van der Waals surface area contributed by atoms with E-state index in [0.29, 0.717) is 6.61 Å². The van der Waals surface area contributed by atoms with Gasteiger partial charge in [-0.1, -0.05) is 6.92 Å². The molecule has 0 spiro atoms. The van der Waals surface area contributed by atoms with Crippen LogP contribution in [0.25, 0.3) is 0 Å². The summed E-state index contributed by atoms with van der Waals surface area (Å²) in [5, 5.41) is 2.73. The van der Waals surface area contributed by atoms with E-state index >= 15 is 0 Å². The van der Waals surface area contributed by atoms with Gasteiger partial charge < -0.3 is 10.1 Å². The molecule has 0 atom stereocenters. The van der Waals surface area contributed by atoms with E-state index in [1.165, 1.54) is 7.05 Å². The summed E-state index contributed by atoms with van der Waals surface area (Å²) in [5.74, 6) is 0.0789. The first-order valence-electron chi connectivity index (χ1n) is 5.66. The van der Waals surface area contributed by atoms with E-state index in [1.807, 2.05) is 6.92 Å². The van der Waals surface area contributed by atoms with Gasteiger partial charge in [0.1, 0.15) is 0 Å².